The third-order valence-corrected chi connectivity index (χ3v) is 4.08. The van der Waals surface area contributed by atoms with E-state index in [0.717, 1.165) is 10.0 Å². The number of rotatable bonds is 6. The topological polar surface area (TPSA) is 69.6 Å². The van der Waals surface area contributed by atoms with Crippen molar-refractivity contribution in [1.29, 1.82) is 0 Å². The smallest absolute Gasteiger partial charge is 0.323 e. The van der Waals surface area contributed by atoms with Gasteiger partial charge in [0.15, 0.2) is 0 Å². The molecule has 0 spiro atoms. The van der Waals surface area contributed by atoms with E-state index in [9.17, 15) is 14.7 Å². The summed E-state index contributed by atoms with van der Waals surface area (Å²) in [6.45, 7) is 7.48. The van der Waals surface area contributed by atoms with Crippen molar-refractivity contribution >= 4 is 33.5 Å². The van der Waals surface area contributed by atoms with Crippen molar-refractivity contribution in [2.45, 2.75) is 33.2 Å². The summed E-state index contributed by atoms with van der Waals surface area (Å²) < 4.78 is 0.802. The quantitative estimate of drug-likeness (QED) is 0.822. The van der Waals surface area contributed by atoms with E-state index < -0.39 is 11.5 Å². The molecule has 1 aromatic carbocycles. The lowest BCUT2D eigenvalue weighted by Crippen LogP contribution is -2.52. The number of carboxylic acid groups (broad SMARTS) is 1. The van der Waals surface area contributed by atoms with E-state index in [1.165, 1.54) is 0 Å². The van der Waals surface area contributed by atoms with Gasteiger partial charge in [-0.2, -0.15) is 0 Å². The van der Waals surface area contributed by atoms with Gasteiger partial charge in [0.05, 0.1) is 12.2 Å². The molecule has 0 heterocycles. The zero-order valence-corrected chi connectivity index (χ0v) is 14.3. The van der Waals surface area contributed by atoms with Gasteiger partial charge in [0.1, 0.15) is 5.54 Å². The second-order valence-electron chi connectivity index (χ2n) is 5.41. The number of aliphatic carboxylic acids is 1. The number of anilines is 1. The van der Waals surface area contributed by atoms with Crippen molar-refractivity contribution in [1.82, 2.24) is 4.90 Å². The SMILES string of the molecule is CCN(CC(=O)Nc1ccc(C)cc1Br)C(C)(C)C(=O)O. The molecule has 0 radical (unpaired) electrons. The van der Waals surface area contributed by atoms with Crippen LogP contribution in [0, 0.1) is 6.92 Å². The molecule has 0 aliphatic carbocycles. The second kappa shape index (κ2) is 7.04. The molecule has 0 saturated heterocycles. The van der Waals surface area contributed by atoms with Crippen LogP contribution in [0.5, 0.6) is 0 Å². The summed E-state index contributed by atoms with van der Waals surface area (Å²) in [5.74, 6) is -1.19. The Kier molecular flexibility index (Phi) is 5.92. The van der Waals surface area contributed by atoms with E-state index in [-0.39, 0.29) is 12.5 Å². The van der Waals surface area contributed by atoms with Crippen LogP contribution in [0.25, 0.3) is 0 Å². The number of hydrogen-bond acceptors (Lipinski definition) is 3. The van der Waals surface area contributed by atoms with Crippen molar-refractivity contribution < 1.29 is 14.7 Å². The number of amides is 1. The highest BCUT2D eigenvalue weighted by Crippen LogP contribution is 2.23. The van der Waals surface area contributed by atoms with E-state index >= 15 is 0 Å². The third kappa shape index (κ3) is 4.54. The third-order valence-electron chi connectivity index (χ3n) is 3.43. The first kappa shape index (κ1) is 17.7. The van der Waals surface area contributed by atoms with Gasteiger partial charge in [-0.15, -0.1) is 0 Å². The van der Waals surface area contributed by atoms with Crippen LogP contribution in [-0.2, 0) is 9.59 Å². The van der Waals surface area contributed by atoms with Crippen LogP contribution >= 0.6 is 15.9 Å². The highest BCUT2D eigenvalue weighted by molar-refractivity contribution is 9.10. The fourth-order valence-electron chi connectivity index (χ4n) is 1.92. The molecule has 0 aliphatic heterocycles. The van der Waals surface area contributed by atoms with Crippen molar-refractivity contribution in [3.05, 3.63) is 28.2 Å². The van der Waals surface area contributed by atoms with Gasteiger partial charge < -0.3 is 10.4 Å². The van der Waals surface area contributed by atoms with E-state index in [0.29, 0.717) is 12.2 Å². The summed E-state index contributed by atoms with van der Waals surface area (Å²) >= 11 is 3.40. The second-order valence-corrected chi connectivity index (χ2v) is 6.26. The van der Waals surface area contributed by atoms with Crippen molar-refractivity contribution in [3.8, 4) is 0 Å². The largest absolute Gasteiger partial charge is 0.480 e. The number of nitrogens with zero attached hydrogens (tertiary/aromatic N) is 1. The molecule has 5 nitrogen and oxygen atoms in total. The molecule has 1 amide bonds. The minimum Gasteiger partial charge on any atom is -0.480 e. The Morgan fingerprint density at radius 2 is 2.00 bits per heavy atom. The number of carboxylic acids is 1. The number of carbonyl (C=O) groups excluding carboxylic acids is 1. The molecule has 0 fully saturated rings. The summed E-state index contributed by atoms with van der Waals surface area (Å²) in [5.41, 5.74) is 0.674. The number of carbonyl (C=O) groups is 2. The van der Waals surface area contributed by atoms with E-state index in [2.05, 4.69) is 21.2 Å². The number of halogens is 1. The van der Waals surface area contributed by atoms with E-state index in [4.69, 9.17) is 0 Å². The molecule has 0 bridgehead atoms. The number of nitrogens with one attached hydrogen (secondary N) is 1. The van der Waals surface area contributed by atoms with Gasteiger partial charge in [-0.1, -0.05) is 13.0 Å². The fourth-order valence-corrected chi connectivity index (χ4v) is 2.52. The first-order valence-electron chi connectivity index (χ1n) is 6.73. The van der Waals surface area contributed by atoms with Gasteiger partial charge >= 0.3 is 5.97 Å². The zero-order chi connectivity index (χ0) is 16.2. The predicted octanol–water partition coefficient (Wildman–Crippen LogP) is 2.88. The highest BCUT2D eigenvalue weighted by Gasteiger charge is 2.34. The maximum Gasteiger partial charge on any atom is 0.323 e. The average Bonchev–Trinajstić information content (AvgIpc) is 2.38. The van der Waals surface area contributed by atoms with Crippen LogP contribution in [0.15, 0.2) is 22.7 Å². The molecule has 0 saturated carbocycles. The summed E-state index contributed by atoms with van der Waals surface area (Å²) in [4.78, 5) is 25.0. The Morgan fingerprint density at radius 3 is 2.48 bits per heavy atom. The molecule has 6 heteroatoms. The van der Waals surface area contributed by atoms with E-state index in [1.807, 2.05) is 32.0 Å². The lowest BCUT2D eigenvalue weighted by atomic mass is 10.0. The van der Waals surface area contributed by atoms with Gasteiger partial charge in [0, 0.05) is 4.47 Å². The Balaban J connectivity index is 2.78. The van der Waals surface area contributed by atoms with E-state index in [1.54, 1.807) is 18.7 Å². The predicted molar refractivity (Wildman–Crippen MR) is 86.5 cm³/mol. The molecule has 1 rings (SSSR count). The number of likely N-dealkylation sites (N-methyl/N-ethyl adjacent to an activating group) is 1. The lowest BCUT2D eigenvalue weighted by Gasteiger charge is -2.33. The molecule has 0 aromatic heterocycles. The van der Waals surface area contributed by atoms with Gasteiger partial charge in [-0.25, -0.2) is 0 Å². The summed E-state index contributed by atoms with van der Waals surface area (Å²) in [6, 6.07) is 5.63. The zero-order valence-electron chi connectivity index (χ0n) is 12.7. The normalized spacial score (nSPS) is 11.5. The number of aryl methyl sites for hydroxylation is 1. The van der Waals surface area contributed by atoms with Gasteiger partial charge in [0.2, 0.25) is 5.91 Å². The van der Waals surface area contributed by atoms with Crippen LogP contribution in [0.2, 0.25) is 0 Å². The molecule has 2 N–H and O–H groups in total. The molecular weight excluding hydrogens is 336 g/mol. The summed E-state index contributed by atoms with van der Waals surface area (Å²) in [7, 11) is 0. The fraction of sp³-hybridized carbons (Fsp3) is 0.467. The Labute approximate surface area is 133 Å². The van der Waals surface area contributed by atoms with Crippen molar-refractivity contribution in [3.63, 3.8) is 0 Å². The first-order valence-corrected chi connectivity index (χ1v) is 7.52. The van der Waals surface area contributed by atoms with Crippen LogP contribution in [0.1, 0.15) is 26.3 Å². The number of benzene rings is 1. The molecule has 1 aromatic rings. The standard InChI is InChI=1S/C15H21BrN2O3/c1-5-18(15(3,4)14(20)21)9-13(19)17-12-7-6-10(2)8-11(12)16/h6-8H,5,9H2,1-4H3,(H,17,19)(H,20,21). The Morgan fingerprint density at radius 1 is 1.38 bits per heavy atom. The molecule has 21 heavy (non-hydrogen) atoms. The maximum atomic E-state index is 12.1. The molecule has 0 aliphatic rings. The Bertz CT molecular complexity index is 544. The van der Waals surface area contributed by atoms with Crippen molar-refractivity contribution in [2.24, 2.45) is 0 Å². The molecule has 116 valence electrons. The van der Waals surface area contributed by atoms with Crippen LogP contribution in [0.3, 0.4) is 0 Å². The van der Waals surface area contributed by atoms with Crippen LogP contribution in [-0.4, -0.2) is 40.5 Å². The maximum absolute atomic E-state index is 12.1. The van der Waals surface area contributed by atoms with Gasteiger partial charge in [-0.3, -0.25) is 14.5 Å². The van der Waals surface area contributed by atoms with Crippen LogP contribution < -0.4 is 5.32 Å². The minimum atomic E-state index is -1.09. The minimum absolute atomic E-state index is 0.0239. The summed E-state index contributed by atoms with van der Waals surface area (Å²) in [6.07, 6.45) is 0. The highest BCUT2D eigenvalue weighted by atomic mass is 79.9. The number of hydrogen-bond donors (Lipinski definition) is 2. The monoisotopic (exact) mass is 356 g/mol. The van der Waals surface area contributed by atoms with Crippen LogP contribution in [0.4, 0.5) is 5.69 Å². The lowest BCUT2D eigenvalue weighted by molar-refractivity contribution is -0.149. The summed E-state index contributed by atoms with van der Waals surface area (Å²) in [5, 5.41) is 12.0. The van der Waals surface area contributed by atoms with Crippen molar-refractivity contribution in [2.75, 3.05) is 18.4 Å². The molecule has 0 unspecified atom stereocenters. The van der Waals surface area contributed by atoms with Gasteiger partial charge in [0.25, 0.3) is 0 Å². The Hall–Kier alpha value is -1.40. The van der Waals surface area contributed by atoms with Gasteiger partial charge in [-0.05, 0) is 60.9 Å². The molecular formula is C15H21BrN2O3. The molecule has 0 atom stereocenters. The first-order chi connectivity index (χ1) is 9.68. The average molecular weight is 357 g/mol.